The van der Waals surface area contributed by atoms with Crippen LogP contribution in [0, 0.1) is 0 Å². The van der Waals surface area contributed by atoms with Crippen molar-refractivity contribution in [1.29, 1.82) is 0 Å². The molecule has 0 atom stereocenters. The molecule has 2 aromatic rings. The molecule has 9 heteroatoms. The van der Waals surface area contributed by atoms with E-state index in [0.717, 1.165) is 12.2 Å². The van der Waals surface area contributed by atoms with Gasteiger partial charge in [0.25, 0.3) is 5.79 Å². The van der Waals surface area contributed by atoms with Gasteiger partial charge in [-0.1, -0.05) is 13.2 Å². The monoisotopic (exact) mass is 484 g/mol. The van der Waals surface area contributed by atoms with Crippen LogP contribution in [0.5, 0.6) is 11.5 Å². The van der Waals surface area contributed by atoms with Gasteiger partial charge in [0, 0.05) is 37.5 Å². The highest BCUT2D eigenvalue weighted by atomic mass is 16.7. The van der Waals surface area contributed by atoms with Gasteiger partial charge in [-0.15, -0.1) is 0 Å². The van der Waals surface area contributed by atoms with Gasteiger partial charge in [-0.25, -0.2) is 9.59 Å². The minimum atomic E-state index is -1.68. The molecule has 0 heterocycles. The van der Waals surface area contributed by atoms with Crippen LogP contribution < -0.4 is 9.47 Å². The average Bonchev–Trinajstić information content (AvgIpc) is 2.90. The zero-order chi connectivity index (χ0) is 25.7. The lowest BCUT2D eigenvalue weighted by atomic mass is 9.95. The molecule has 2 aromatic carbocycles. The molecule has 0 amide bonds. The standard InChI is InChI=1S/C26H28O9/c1-5-23(27)34-17-15-32-21-11-7-19(8-12-21)25(29)26(30-3,31-4)20-9-13-22(14-10-20)33-16-18-35-24(28)6-2/h5-14H,1-2,15-18H2,3-4H3. The number of hydrogen-bond donors (Lipinski definition) is 0. The number of Topliss-reactive ketones (excluding diaryl/α,β-unsaturated/α-hetero) is 1. The lowest BCUT2D eigenvalue weighted by Gasteiger charge is -2.30. The fourth-order valence-electron chi connectivity index (χ4n) is 3.02. The van der Waals surface area contributed by atoms with E-state index in [1.165, 1.54) is 14.2 Å². The van der Waals surface area contributed by atoms with Crippen LogP contribution in [0.1, 0.15) is 15.9 Å². The Hall–Kier alpha value is -3.95. The molecule has 2 rings (SSSR count). The Labute approximate surface area is 203 Å². The van der Waals surface area contributed by atoms with Gasteiger partial charge in [-0.3, -0.25) is 4.79 Å². The van der Waals surface area contributed by atoms with Crippen LogP contribution in [-0.4, -0.2) is 58.4 Å². The third-order valence-corrected chi connectivity index (χ3v) is 4.75. The van der Waals surface area contributed by atoms with Crippen molar-refractivity contribution in [2.24, 2.45) is 0 Å². The van der Waals surface area contributed by atoms with Crippen molar-refractivity contribution in [3.63, 3.8) is 0 Å². The second kappa shape index (κ2) is 13.7. The topological polar surface area (TPSA) is 107 Å². The molecule has 0 fully saturated rings. The Kier molecular flexibility index (Phi) is 10.7. The molecule has 0 saturated heterocycles. The zero-order valence-electron chi connectivity index (χ0n) is 19.7. The lowest BCUT2D eigenvalue weighted by molar-refractivity contribution is -0.176. The van der Waals surface area contributed by atoms with Gasteiger partial charge in [0.15, 0.2) is 0 Å². The molecule has 9 nitrogen and oxygen atoms in total. The van der Waals surface area contributed by atoms with Crippen molar-refractivity contribution in [1.82, 2.24) is 0 Å². The third-order valence-electron chi connectivity index (χ3n) is 4.75. The number of rotatable bonds is 15. The number of carbonyl (C=O) groups is 3. The molecule has 0 bridgehead atoms. The Morgan fingerprint density at radius 1 is 0.714 bits per heavy atom. The Bertz CT molecular complexity index is 1010. The minimum absolute atomic E-state index is 0.0711. The molecule has 0 aliphatic rings. The van der Waals surface area contributed by atoms with Crippen LogP contribution in [0.4, 0.5) is 0 Å². The SMILES string of the molecule is C=CC(=O)OCCOc1ccc(C(=O)C(OC)(OC)c2ccc(OCCOC(=O)C=C)cc2)cc1. The van der Waals surface area contributed by atoms with E-state index in [1.54, 1.807) is 48.5 Å². The van der Waals surface area contributed by atoms with E-state index in [4.69, 9.17) is 28.4 Å². The molecule has 0 saturated carbocycles. The molecule has 0 radical (unpaired) electrons. The van der Waals surface area contributed by atoms with Gasteiger partial charge < -0.3 is 28.4 Å². The summed E-state index contributed by atoms with van der Waals surface area (Å²) in [4.78, 5) is 35.4. The van der Waals surface area contributed by atoms with Crippen molar-refractivity contribution in [3.05, 3.63) is 85.0 Å². The summed E-state index contributed by atoms with van der Waals surface area (Å²) in [6.07, 6.45) is 2.15. The summed E-state index contributed by atoms with van der Waals surface area (Å²) in [5, 5.41) is 0. The van der Waals surface area contributed by atoms with E-state index in [9.17, 15) is 14.4 Å². The zero-order valence-corrected chi connectivity index (χ0v) is 19.7. The normalized spacial score (nSPS) is 10.7. The molecular formula is C26H28O9. The number of benzene rings is 2. The van der Waals surface area contributed by atoms with E-state index >= 15 is 0 Å². The molecule has 0 spiro atoms. The van der Waals surface area contributed by atoms with Crippen molar-refractivity contribution in [2.45, 2.75) is 5.79 Å². The number of ether oxygens (including phenoxy) is 6. The quantitative estimate of drug-likeness (QED) is 0.124. The van der Waals surface area contributed by atoms with E-state index in [-0.39, 0.29) is 26.4 Å². The Balaban J connectivity index is 2.04. The molecule has 0 aromatic heterocycles. The summed E-state index contributed by atoms with van der Waals surface area (Å²) in [6.45, 7) is 7.09. The van der Waals surface area contributed by atoms with Crippen LogP contribution in [0.2, 0.25) is 0 Å². The largest absolute Gasteiger partial charge is 0.490 e. The first kappa shape index (κ1) is 27.3. The fourth-order valence-corrected chi connectivity index (χ4v) is 3.02. The van der Waals surface area contributed by atoms with Crippen LogP contribution >= 0.6 is 0 Å². The first-order valence-electron chi connectivity index (χ1n) is 10.6. The highest BCUT2D eigenvalue weighted by molar-refractivity contribution is 6.02. The predicted octanol–water partition coefficient (Wildman–Crippen LogP) is 3.23. The second-order valence-electron chi connectivity index (χ2n) is 6.84. The molecule has 0 N–H and O–H groups in total. The van der Waals surface area contributed by atoms with Crippen molar-refractivity contribution >= 4 is 17.7 Å². The number of esters is 2. The predicted molar refractivity (Wildman–Crippen MR) is 126 cm³/mol. The smallest absolute Gasteiger partial charge is 0.330 e. The van der Waals surface area contributed by atoms with Crippen molar-refractivity contribution in [2.75, 3.05) is 40.6 Å². The number of hydrogen-bond acceptors (Lipinski definition) is 9. The highest BCUT2D eigenvalue weighted by Crippen LogP contribution is 2.32. The summed E-state index contributed by atoms with van der Waals surface area (Å²) >= 11 is 0. The molecule has 186 valence electrons. The van der Waals surface area contributed by atoms with Crippen LogP contribution in [0.25, 0.3) is 0 Å². The molecule has 0 aliphatic carbocycles. The average molecular weight is 485 g/mol. The number of methoxy groups -OCH3 is 2. The maximum Gasteiger partial charge on any atom is 0.330 e. The maximum absolute atomic E-state index is 13.4. The van der Waals surface area contributed by atoms with E-state index in [2.05, 4.69) is 13.2 Å². The summed E-state index contributed by atoms with van der Waals surface area (Å²) in [5.41, 5.74) is 0.797. The van der Waals surface area contributed by atoms with E-state index in [1.807, 2.05) is 0 Å². The van der Waals surface area contributed by atoms with Gasteiger partial charge in [0.2, 0.25) is 5.78 Å². The van der Waals surface area contributed by atoms with Gasteiger partial charge in [-0.05, 0) is 48.5 Å². The van der Waals surface area contributed by atoms with Gasteiger partial charge in [0.1, 0.15) is 37.9 Å². The van der Waals surface area contributed by atoms with E-state index < -0.39 is 23.5 Å². The van der Waals surface area contributed by atoms with Crippen LogP contribution in [0.15, 0.2) is 73.8 Å². The van der Waals surface area contributed by atoms with Crippen LogP contribution in [0.3, 0.4) is 0 Å². The number of ketones is 1. The second-order valence-corrected chi connectivity index (χ2v) is 6.84. The fraction of sp³-hybridized carbons (Fsp3) is 0.269. The third kappa shape index (κ3) is 7.53. The van der Waals surface area contributed by atoms with Gasteiger partial charge in [0.05, 0.1) is 0 Å². The van der Waals surface area contributed by atoms with E-state index in [0.29, 0.717) is 22.6 Å². The van der Waals surface area contributed by atoms with Gasteiger partial charge >= 0.3 is 11.9 Å². The van der Waals surface area contributed by atoms with Crippen LogP contribution in [-0.2, 0) is 34.3 Å². The summed E-state index contributed by atoms with van der Waals surface area (Å²) < 4.78 is 31.8. The Morgan fingerprint density at radius 3 is 1.54 bits per heavy atom. The summed E-state index contributed by atoms with van der Waals surface area (Å²) in [7, 11) is 2.75. The minimum Gasteiger partial charge on any atom is -0.490 e. The summed E-state index contributed by atoms with van der Waals surface area (Å²) in [6, 6.07) is 13.0. The molecule has 0 unspecified atom stereocenters. The van der Waals surface area contributed by atoms with Crippen molar-refractivity contribution < 1.29 is 42.8 Å². The molecular weight excluding hydrogens is 456 g/mol. The maximum atomic E-state index is 13.4. The van der Waals surface area contributed by atoms with Gasteiger partial charge in [-0.2, -0.15) is 0 Å². The number of carbonyl (C=O) groups excluding carboxylic acids is 3. The first-order valence-corrected chi connectivity index (χ1v) is 10.6. The lowest BCUT2D eigenvalue weighted by Crippen LogP contribution is -2.40. The Morgan fingerprint density at radius 2 is 1.14 bits per heavy atom. The highest BCUT2D eigenvalue weighted by Gasteiger charge is 2.41. The van der Waals surface area contributed by atoms with Crippen molar-refractivity contribution in [3.8, 4) is 11.5 Å². The first-order chi connectivity index (χ1) is 16.9. The summed E-state index contributed by atoms with van der Waals surface area (Å²) in [5.74, 6) is -2.15. The molecule has 35 heavy (non-hydrogen) atoms. The molecule has 0 aliphatic heterocycles.